The molecular formula is C29H36F4O. The maximum absolute atomic E-state index is 14.7. The van der Waals surface area contributed by atoms with E-state index in [4.69, 9.17) is 4.74 Å². The van der Waals surface area contributed by atoms with Crippen LogP contribution in [0.25, 0.3) is 0 Å². The minimum Gasteiger partial charge on any atom is -0.491 e. The molecular weight excluding hydrogens is 440 g/mol. The number of hydrogen-bond acceptors (Lipinski definition) is 1. The first-order valence-corrected chi connectivity index (χ1v) is 12.7. The van der Waals surface area contributed by atoms with E-state index in [1.807, 2.05) is 6.08 Å². The zero-order valence-corrected chi connectivity index (χ0v) is 20.3. The fraction of sp³-hybridized carbons (Fsp3) is 0.517. The predicted molar refractivity (Wildman–Crippen MR) is 129 cm³/mol. The van der Waals surface area contributed by atoms with Gasteiger partial charge in [0.2, 0.25) is 5.82 Å². The van der Waals surface area contributed by atoms with Gasteiger partial charge in [0.05, 0.1) is 6.61 Å². The average Bonchev–Trinajstić information content (AvgIpc) is 2.84. The van der Waals surface area contributed by atoms with Gasteiger partial charge in [0, 0.05) is 0 Å². The van der Waals surface area contributed by atoms with Crippen molar-refractivity contribution in [3.8, 4) is 5.75 Å². The quantitative estimate of drug-likeness (QED) is 0.179. The first kappa shape index (κ1) is 26.3. The summed E-state index contributed by atoms with van der Waals surface area (Å²) in [6.07, 6.45) is 12.2. The van der Waals surface area contributed by atoms with E-state index in [9.17, 15) is 17.6 Å². The Morgan fingerprint density at radius 2 is 1.47 bits per heavy atom. The zero-order chi connectivity index (χ0) is 24.5. The number of rotatable bonds is 11. The Kier molecular flexibility index (Phi) is 10.0. The van der Waals surface area contributed by atoms with Crippen LogP contribution in [0.3, 0.4) is 0 Å². The molecule has 0 atom stereocenters. The standard InChI is InChI=1S/C29H36F4O/c1-3-5-6-10-22-16-18-24(28(32)26(22)30)21-14-12-20(13-15-21)9-7-8-11-23-17-19-25(34-4-2)29(33)27(23)31/h7,9,16-21H,3-6,8,10-15H2,1-2H3. The molecule has 5 heteroatoms. The highest BCUT2D eigenvalue weighted by Gasteiger charge is 2.25. The van der Waals surface area contributed by atoms with E-state index >= 15 is 0 Å². The third-order valence-electron chi connectivity index (χ3n) is 6.87. The summed E-state index contributed by atoms with van der Waals surface area (Å²) in [5.41, 5.74) is 1.33. The lowest BCUT2D eigenvalue weighted by Crippen LogP contribution is -2.14. The smallest absolute Gasteiger partial charge is 0.200 e. The van der Waals surface area contributed by atoms with E-state index in [0.29, 0.717) is 41.9 Å². The number of allylic oxidation sites excluding steroid dienone is 2. The Labute approximate surface area is 201 Å². The lowest BCUT2D eigenvalue weighted by molar-refractivity contribution is 0.313. The topological polar surface area (TPSA) is 9.23 Å². The highest BCUT2D eigenvalue weighted by Crippen LogP contribution is 2.38. The molecule has 34 heavy (non-hydrogen) atoms. The van der Waals surface area contributed by atoms with Crippen molar-refractivity contribution in [1.29, 1.82) is 0 Å². The summed E-state index contributed by atoms with van der Waals surface area (Å²) in [5, 5.41) is 0. The van der Waals surface area contributed by atoms with Crippen LogP contribution in [0.2, 0.25) is 0 Å². The van der Waals surface area contributed by atoms with E-state index in [2.05, 4.69) is 13.0 Å². The minimum atomic E-state index is -0.931. The summed E-state index contributed by atoms with van der Waals surface area (Å²) in [4.78, 5) is 0. The van der Waals surface area contributed by atoms with Crippen molar-refractivity contribution in [1.82, 2.24) is 0 Å². The van der Waals surface area contributed by atoms with E-state index in [1.165, 1.54) is 6.07 Å². The van der Waals surface area contributed by atoms with Crippen molar-refractivity contribution in [3.05, 3.63) is 76.4 Å². The summed E-state index contributed by atoms with van der Waals surface area (Å²) in [7, 11) is 0. The van der Waals surface area contributed by atoms with Crippen molar-refractivity contribution in [2.75, 3.05) is 6.61 Å². The van der Waals surface area contributed by atoms with Crippen molar-refractivity contribution in [2.24, 2.45) is 5.92 Å². The third-order valence-corrected chi connectivity index (χ3v) is 6.87. The number of hydrogen-bond donors (Lipinski definition) is 0. The van der Waals surface area contributed by atoms with Gasteiger partial charge in [0.1, 0.15) is 0 Å². The molecule has 0 radical (unpaired) electrons. The Morgan fingerprint density at radius 3 is 2.18 bits per heavy atom. The summed E-state index contributed by atoms with van der Waals surface area (Å²) < 4.78 is 62.6. The molecule has 2 aromatic carbocycles. The van der Waals surface area contributed by atoms with Gasteiger partial charge in [-0.2, -0.15) is 4.39 Å². The molecule has 1 saturated carbocycles. The van der Waals surface area contributed by atoms with Gasteiger partial charge in [-0.25, -0.2) is 13.2 Å². The van der Waals surface area contributed by atoms with Gasteiger partial charge >= 0.3 is 0 Å². The molecule has 0 aromatic heterocycles. The normalized spacial score (nSPS) is 18.5. The second kappa shape index (κ2) is 13.0. The van der Waals surface area contributed by atoms with Gasteiger partial charge < -0.3 is 4.74 Å². The molecule has 0 heterocycles. The summed E-state index contributed by atoms with van der Waals surface area (Å²) >= 11 is 0. The Balaban J connectivity index is 1.49. The maximum Gasteiger partial charge on any atom is 0.200 e. The Hall–Kier alpha value is -2.30. The van der Waals surface area contributed by atoms with Gasteiger partial charge in [0.15, 0.2) is 23.2 Å². The van der Waals surface area contributed by atoms with E-state index in [0.717, 1.165) is 44.9 Å². The summed E-state index contributed by atoms with van der Waals surface area (Å²) in [5.74, 6) is -2.75. The van der Waals surface area contributed by atoms with Crippen molar-refractivity contribution in [3.63, 3.8) is 0 Å². The van der Waals surface area contributed by atoms with Crippen LogP contribution in [0.4, 0.5) is 17.6 Å². The molecule has 0 bridgehead atoms. The number of aryl methyl sites for hydroxylation is 2. The Morgan fingerprint density at radius 1 is 0.794 bits per heavy atom. The van der Waals surface area contributed by atoms with Crippen LogP contribution in [0.1, 0.15) is 87.8 Å². The minimum absolute atomic E-state index is 0.0461. The van der Waals surface area contributed by atoms with Crippen LogP contribution in [-0.2, 0) is 12.8 Å². The van der Waals surface area contributed by atoms with Gasteiger partial charge in [-0.05, 0) is 92.9 Å². The predicted octanol–water partition coefficient (Wildman–Crippen LogP) is 8.84. The molecule has 0 saturated heterocycles. The number of ether oxygens (including phenoxy) is 1. The van der Waals surface area contributed by atoms with Crippen LogP contribution in [0.5, 0.6) is 5.75 Å². The van der Waals surface area contributed by atoms with Gasteiger partial charge in [-0.1, -0.05) is 50.1 Å². The second-order valence-corrected chi connectivity index (χ2v) is 9.26. The van der Waals surface area contributed by atoms with Crippen molar-refractivity contribution >= 4 is 0 Å². The first-order chi connectivity index (χ1) is 16.5. The first-order valence-electron chi connectivity index (χ1n) is 12.7. The van der Waals surface area contributed by atoms with E-state index in [-0.39, 0.29) is 18.3 Å². The number of halogens is 4. The largest absolute Gasteiger partial charge is 0.491 e. The molecule has 1 aliphatic rings. The molecule has 0 amide bonds. The molecule has 1 fully saturated rings. The van der Waals surface area contributed by atoms with Gasteiger partial charge in [0.25, 0.3) is 0 Å². The van der Waals surface area contributed by atoms with E-state index < -0.39 is 23.3 Å². The SMILES string of the molecule is CCCCCc1ccc(C2CCC(C=CCCc3ccc(OCC)c(F)c3F)CC2)c(F)c1F. The molecule has 1 aliphatic carbocycles. The summed E-state index contributed by atoms with van der Waals surface area (Å²) in [6, 6.07) is 6.59. The summed E-state index contributed by atoms with van der Waals surface area (Å²) in [6.45, 7) is 4.10. The molecule has 0 spiro atoms. The molecule has 3 rings (SSSR count). The highest BCUT2D eigenvalue weighted by molar-refractivity contribution is 5.32. The van der Waals surface area contributed by atoms with Crippen LogP contribution in [0.15, 0.2) is 36.4 Å². The van der Waals surface area contributed by atoms with Gasteiger partial charge in [-0.3, -0.25) is 0 Å². The lowest BCUT2D eigenvalue weighted by Gasteiger charge is -2.27. The lowest BCUT2D eigenvalue weighted by atomic mass is 9.78. The maximum atomic E-state index is 14.7. The van der Waals surface area contributed by atoms with Crippen molar-refractivity contribution < 1.29 is 22.3 Å². The molecule has 186 valence electrons. The average molecular weight is 477 g/mol. The number of benzene rings is 2. The van der Waals surface area contributed by atoms with E-state index in [1.54, 1.807) is 25.1 Å². The molecule has 0 N–H and O–H groups in total. The molecule has 2 aromatic rings. The van der Waals surface area contributed by atoms with Crippen LogP contribution in [0, 0.1) is 29.2 Å². The molecule has 0 unspecified atom stereocenters. The van der Waals surface area contributed by atoms with Crippen LogP contribution >= 0.6 is 0 Å². The van der Waals surface area contributed by atoms with Gasteiger partial charge in [-0.15, -0.1) is 0 Å². The zero-order valence-electron chi connectivity index (χ0n) is 20.3. The fourth-order valence-corrected chi connectivity index (χ4v) is 4.86. The third kappa shape index (κ3) is 6.64. The fourth-order valence-electron chi connectivity index (χ4n) is 4.86. The molecule has 0 aliphatic heterocycles. The monoisotopic (exact) mass is 476 g/mol. The van der Waals surface area contributed by atoms with Crippen LogP contribution in [-0.4, -0.2) is 6.61 Å². The highest BCUT2D eigenvalue weighted by atomic mass is 19.2. The number of unbranched alkanes of at least 4 members (excludes halogenated alkanes) is 2. The molecule has 1 nitrogen and oxygen atoms in total. The van der Waals surface area contributed by atoms with Crippen LogP contribution < -0.4 is 4.74 Å². The van der Waals surface area contributed by atoms with Crippen molar-refractivity contribution in [2.45, 2.75) is 84.0 Å². The second-order valence-electron chi connectivity index (χ2n) is 9.26. The Bertz CT molecular complexity index is 961.